The third-order valence-electron chi connectivity index (χ3n) is 4.42. The van der Waals surface area contributed by atoms with E-state index in [0.717, 1.165) is 10.2 Å². The fourth-order valence-electron chi connectivity index (χ4n) is 2.91. The third kappa shape index (κ3) is 4.16. The van der Waals surface area contributed by atoms with Crippen LogP contribution in [0.25, 0.3) is 10.2 Å². The number of hydrazone groups is 1. The molecule has 11 heteroatoms. The number of aromatic nitrogens is 1. The van der Waals surface area contributed by atoms with Crippen LogP contribution in [0.5, 0.6) is 0 Å². The number of halogens is 1. The number of nitriles is 1. The van der Waals surface area contributed by atoms with E-state index < -0.39 is 10.0 Å². The number of thiazole rings is 1. The number of anilines is 1. The first kappa shape index (κ1) is 20.7. The summed E-state index contributed by atoms with van der Waals surface area (Å²) in [5.74, 6) is 0. The van der Waals surface area contributed by atoms with Crippen molar-refractivity contribution in [2.45, 2.75) is 4.90 Å². The summed E-state index contributed by atoms with van der Waals surface area (Å²) in [6.45, 7) is 1.22. The van der Waals surface area contributed by atoms with Crippen LogP contribution in [0.4, 0.5) is 5.69 Å². The predicted octanol–water partition coefficient (Wildman–Crippen LogP) is 3.31. The van der Waals surface area contributed by atoms with Crippen LogP contribution in [-0.2, 0) is 14.8 Å². The van der Waals surface area contributed by atoms with Gasteiger partial charge in [0.2, 0.25) is 10.0 Å². The highest BCUT2D eigenvalue weighted by Crippen LogP contribution is 2.28. The van der Waals surface area contributed by atoms with Crippen molar-refractivity contribution in [1.82, 2.24) is 9.29 Å². The second kappa shape index (κ2) is 8.67. The van der Waals surface area contributed by atoms with Crippen molar-refractivity contribution in [2.75, 3.05) is 31.7 Å². The summed E-state index contributed by atoms with van der Waals surface area (Å²) < 4.78 is 33.4. The van der Waals surface area contributed by atoms with Gasteiger partial charge in [0.25, 0.3) is 0 Å². The average molecular weight is 462 g/mol. The number of fused-ring (bicyclic) bond motifs is 1. The van der Waals surface area contributed by atoms with Gasteiger partial charge in [-0.25, -0.2) is 13.4 Å². The van der Waals surface area contributed by atoms with E-state index in [0.29, 0.717) is 23.9 Å². The van der Waals surface area contributed by atoms with Crippen molar-refractivity contribution in [2.24, 2.45) is 5.10 Å². The Morgan fingerprint density at radius 3 is 2.77 bits per heavy atom. The summed E-state index contributed by atoms with van der Waals surface area (Å²) in [6.07, 6.45) is 0. The number of sulfonamides is 1. The van der Waals surface area contributed by atoms with Gasteiger partial charge in [-0.2, -0.15) is 14.7 Å². The Bertz CT molecular complexity index is 1230. The van der Waals surface area contributed by atoms with Gasteiger partial charge in [0.05, 0.1) is 34.1 Å². The van der Waals surface area contributed by atoms with Gasteiger partial charge in [-0.3, -0.25) is 5.43 Å². The molecule has 2 heterocycles. The maximum Gasteiger partial charge on any atom is 0.244 e. The first-order valence-corrected chi connectivity index (χ1v) is 11.6. The number of ether oxygens (including phenoxy) is 1. The largest absolute Gasteiger partial charge is 0.379 e. The van der Waals surface area contributed by atoms with Crippen molar-refractivity contribution in [3.63, 3.8) is 0 Å². The Kier molecular flexibility index (Phi) is 5.99. The molecule has 1 N–H and O–H groups in total. The molecule has 1 aliphatic heterocycles. The van der Waals surface area contributed by atoms with Crippen molar-refractivity contribution in [1.29, 1.82) is 5.26 Å². The van der Waals surface area contributed by atoms with E-state index in [1.165, 1.54) is 27.8 Å². The van der Waals surface area contributed by atoms with Crippen LogP contribution in [0.15, 0.2) is 52.5 Å². The molecule has 1 fully saturated rings. The van der Waals surface area contributed by atoms with Crippen molar-refractivity contribution in [3.05, 3.63) is 52.5 Å². The summed E-state index contributed by atoms with van der Waals surface area (Å²) in [4.78, 5) is 4.39. The molecule has 0 saturated carbocycles. The normalized spacial score (nSPS) is 15.8. The van der Waals surface area contributed by atoms with E-state index in [-0.39, 0.29) is 28.7 Å². The average Bonchev–Trinajstić information content (AvgIpc) is 3.19. The van der Waals surface area contributed by atoms with Gasteiger partial charge in [0, 0.05) is 13.1 Å². The molecule has 0 radical (unpaired) electrons. The lowest BCUT2D eigenvalue weighted by atomic mass is 10.3. The van der Waals surface area contributed by atoms with Crippen molar-refractivity contribution < 1.29 is 13.2 Å². The highest BCUT2D eigenvalue weighted by molar-refractivity contribution is 7.89. The third-order valence-corrected chi connectivity index (χ3v) is 7.84. The van der Waals surface area contributed by atoms with Crippen LogP contribution in [0.3, 0.4) is 0 Å². The van der Waals surface area contributed by atoms with Gasteiger partial charge in [-0.1, -0.05) is 23.7 Å². The molecular formula is C19H16ClN5O3S2. The zero-order valence-corrected chi connectivity index (χ0v) is 18.0. The van der Waals surface area contributed by atoms with E-state index in [1.807, 2.05) is 30.3 Å². The summed E-state index contributed by atoms with van der Waals surface area (Å²) in [6, 6.07) is 14.1. The molecule has 30 heavy (non-hydrogen) atoms. The fraction of sp³-hybridized carbons (Fsp3) is 0.211. The molecule has 1 aliphatic rings. The van der Waals surface area contributed by atoms with Crippen molar-refractivity contribution in [3.8, 4) is 6.07 Å². The van der Waals surface area contributed by atoms with Crippen LogP contribution in [0, 0.1) is 11.3 Å². The van der Waals surface area contributed by atoms with E-state index in [4.69, 9.17) is 16.3 Å². The minimum Gasteiger partial charge on any atom is -0.379 e. The smallest absolute Gasteiger partial charge is 0.244 e. The first-order valence-electron chi connectivity index (χ1n) is 8.96. The summed E-state index contributed by atoms with van der Waals surface area (Å²) in [5.41, 5.74) is 4.02. The number of nitrogens with zero attached hydrogens (tertiary/aromatic N) is 4. The molecule has 4 rings (SSSR count). The first-order chi connectivity index (χ1) is 14.5. The van der Waals surface area contributed by atoms with Crippen LogP contribution < -0.4 is 5.43 Å². The SMILES string of the molecule is N#C/C(=N/Nc1ccc(Cl)c(S(=O)(=O)N2CCOCC2)c1)c1nc2ccccc2s1. The Morgan fingerprint density at radius 2 is 2.03 bits per heavy atom. The van der Waals surface area contributed by atoms with E-state index >= 15 is 0 Å². The number of benzene rings is 2. The lowest BCUT2D eigenvalue weighted by Crippen LogP contribution is -2.40. The van der Waals surface area contributed by atoms with Crippen LogP contribution >= 0.6 is 22.9 Å². The fourth-order valence-corrected chi connectivity index (χ4v) is 5.72. The van der Waals surface area contributed by atoms with Crippen LogP contribution in [-0.4, -0.2) is 49.7 Å². The Balaban J connectivity index is 1.61. The Hall–Kier alpha value is -2.55. The lowest BCUT2D eigenvalue weighted by Gasteiger charge is -2.26. The van der Waals surface area contributed by atoms with E-state index in [1.54, 1.807) is 6.07 Å². The molecular weight excluding hydrogens is 446 g/mol. The second-order valence-electron chi connectivity index (χ2n) is 6.33. The van der Waals surface area contributed by atoms with Gasteiger partial charge in [0.1, 0.15) is 11.0 Å². The zero-order chi connectivity index (χ0) is 21.1. The molecule has 0 bridgehead atoms. The molecule has 1 aromatic heterocycles. The number of rotatable bonds is 5. The minimum absolute atomic E-state index is 0.0234. The van der Waals surface area contributed by atoms with Crippen LogP contribution in [0.1, 0.15) is 5.01 Å². The summed E-state index contributed by atoms with van der Waals surface area (Å²) in [7, 11) is -3.77. The summed E-state index contributed by atoms with van der Waals surface area (Å²) in [5, 5.41) is 14.2. The maximum absolute atomic E-state index is 12.9. The number of hydrogen-bond acceptors (Lipinski definition) is 8. The topological polar surface area (TPSA) is 108 Å². The van der Waals surface area contributed by atoms with Crippen LogP contribution in [0.2, 0.25) is 5.02 Å². The molecule has 0 amide bonds. The molecule has 8 nitrogen and oxygen atoms in total. The molecule has 1 saturated heterocycles. The van der Waals surface area contributed by atoms with Gasteiger partial charge in [-0.15, -0.1) is 11.3 Å². The molecule has 2 aromatic carbocycles. The molecule has 0 spiro atoms. The monoisotopic (exact) mass is 461 g/mol. The Labute approximate surface area is 182 Å². The lowest BCUT2D eigenvalue weighted by molar-refractivity contribution is 0.0730. The van der Waals surface area contributed by atoms with E-state index in [2.05, 4.69) is 15.5 Å². The van der Waals surface area contributed by atoms with Gasteiger partial charge in [-0.05, 0) is 30.3 Å². The highest BCUT2D eigenvalue weighted by atomic mass is 35.5. The maximum atomic E-state index is 12.9. The summed E-state index contributed by atoms with van der Waals surface area (Å²) >= 11 is 7.52. The molecule has 0 atom stereocenters. The number of nitrogens with one attached hydrogen (secondary N) is 1. The van der Waals surface area contributed by atoms with E-state index in [9.17, 15) is 13.7 Å². The highest BCUT2D eigenvalue weighted by Gasteiger charge is 2.28. The number of hydrogen-bond donors (Lipinski definition) is 1. The number of morpholine rings is 1. The Morgan fingerprint density at radius 1 is 1.27 bits per heavy atom. The minimum atomic E-state index is -3.77. The van der Waals surface area contributed by atoms with Gasteiger partial charge in [0.15, 0.2) is 10.7 Å². The molecule has 0 aliphatic carbocycles. The molecule has 154 valence electrons. The number of para-hydroxylation sites is 1. The second-order valence-corrected chi connectivity index (χ2v) is 9.68. The predicted molar refractivity (Wildman–Crippen MR) is 116 cm³/mol. The molecule has 3 aromatic rings. The van der Waals surface area contributed by atoms with Crippen molar-refractivity contribution >= 4 is 54.6 Å². The van der Waals surface area contributed by atoms with Gasteiger partial charge >= 0.3 is 0 Å². The zero-order valence-electron chi connectivity index (χ0n) is 15.6. The van der Waals surface area contributed by atoms with Gasteiger partial charge < -0.3 is 4.74 Å². The quantitative estimate of drug-likeness (QED) is 0.461. The standard InChI is InChI=1S/C19H16ClN5O3S2/c20-14-6-5-13(11-18(14)30(26,27)25-7-9-28-10-8-25)23-24-16(12-21)19-22-15-3-1-2-4-17(15)29-19/h1-6,11,23H,7-10H2/b24-16-. The molecule has 0 unspecified atom stereocenters.